The lowest BCUT2D eigenvalue weighted by molar-refractivity contribution is 0.318. The second-order valence-corrected chi connectivity index (χ2v) is 6.68. The number of benzene rings is 1. The van der Waals surface area contributed by atoms with Crippen LogP contribution in [0.5, 0.6) is 0 Å². The Labute approximate surface area is 118 Å². The number of nitrogens with two attached hydrogens (primary N) is 1. The minimum Gasteiger partial charge on any atom is -0.397 e. The van der Waals surface area contributed by atoms with Crippen molar-refractivity contribution in [1.82, 2.24) is 4.98 Å². The maximum atomic E-state index is 6.24. The highest BCUT2D eigenvalue weighted by Crippen LogP contribution is 2.34. The highest BCUT2D eigenvalue weighted by molar-refractivity contribution is 7.18. The van der Waals surface area contributed by atoms with Gasteiger partial charge in [0, 0.05) is 13.1 Å². The third-order valence-electron chi connectivity index (χ3n) is 4.07. The summed E-state index contributed by atoms with van der Waals surface area (Å²) in [6.07, 6.45) is 4.13. The van der Waals surface area contributed by atoms with Crippen LogP contribution < -0.4 is 10.6 Å². The molecule has 1 aliphatic carbocycles. The van der Waals surface area contributed by atoms with Crippen molar-refractivity contribution in [2.45, 2.75) is 33.1 Å². The lowest BCUT2D eigenvalue weighted by Gasteiger charge is -2.33. The lowest BCUT2D eigenvalue weighted by atomic mass is 9.85. The number of aryl methyl sites for hydroxylation is 1. The molecule has 19 heavy (non-hydrogen) atoms. The van der Waals surface area contributed by atoms with Crippen LogP contribution in [0.1, 0.15) is 31.2 Å². The van der Waals surface area contributed by atoms with Crippen molar-refractivity contribution in [3.8, 4) is 0 Å². The van der Waals surface area contributed by atoms with Gasteiger partial charge in [0.2, 0.25) is 0 Å². The minimum atomic E-state index is 0.854. The Kier molecular flexibility index (Phi) is 3.35. The molecule has 1 fully saturated rings. The summed E-state index contributed by atoms with van der Waals surface area (Å²) in [5.41, 5.74) is 9.37. The van der Waals surface area contributed by atoms with E-state index in [0.29, 0.717) is 0 Å². The molecule has 0 amide bonds. The SMILES string of the molecule is CCN(CC1CCC1)c1cc2nc(C)sc2cc1N. The number of anilines is 2. The van der Waals surface area contributed by atoms with Crippen LogP contribution in [-0.4, -0.2) is 18.1 Å². The second kappa shape index (κ2) is 5.00. The zero-order chi connectivity index (χ0) is 13.4. The van der Waals surface area contributed by atoms with Crippen molar-refractivity contribution in [3.63, 3.8) is 0 Å². The van der Waals surface area contributed by atoms with Gasteiger partial charge in [-0.2, -0.15) is 0 Å². The summed E-state index contributed by atoms with van der Waals surface area (Å²) in [6, 6.07) is 4.25. The van der Waals surface area contributed by atoms with Crippen molar-refractivity contribution in [3.05, 3.63) is 17.1 Å². The Morgan fingerprint density at radius 3 is 2.84 bits per heavy atom. The van der Waals surface area contributed by atoms with E-state index in [-0.39, 0.29) is 0 Å². The van der Waals surface area contributed by atoms with Crippen LogP contribution in [0, 0.1) is 12.8 Å². The summed E-state index contributed by atoms with van der Waals surface area (Å²) in [6.45, 7) is 6.39. The number of aromatic nitrogens is 1. The molecular formula is C15H21N3S. The van der Waals surface area contributed by atoms with Gasteiger partial charge in [0.1, 0.15) is 0 Å². The quantitative estimate of drug-likeness (QED) is 0.863. The van der Waals surface area contributed by atoms with Gasteiger partial charge in [-0.05, 0) is 44.7 Å². The molecule has 0 saturated heterocycles. The first kappa shape index (κ1) is 12.7. The fourth-order valence-electron chi connectivity index (χ4n) is 2.75. The molecule has 1 aromatic heterocycles. The van der Waals surface area contributed by atoms with Gasteiger partial charge in [-0.1, -0.05) is 6.42 Å². The molecule has 1 heterocycles. The smallest absolute Gasteiger partial charge is 0.0907 e. The summed E-state index contributed by atoms with van der Waals surface area (Å²) in [4.78, 5) is 6.99. The molecule has 1 saturated carbocycles. The Morgan fingerprint density at radius 1 is 1.42 bits per heavy atom. The van der Waals surface area contributed by atoms with E-state index in [1.165, 1.54) is 24.0 Å². The lowest BCUT2D eigenvalue weighted by Crippen LogP contribution is -2.32. The molecule has 0 aliphatic heterocycles. The molecule has 2 N–H and O–H groups in total. The minimum absolute atomic E-state index is 0.854. The van der Waals surface area contributed by atoms with E-state index in [0.717, 1.165) is 40.9 Å². The average Bonchev–Trinajstić information content (AvgIpc) is 2.67. The molecular weight excluding hydrogens is 254 g/mol. The first-order chi connectivity index (χ1) is 9.17. The first-order valence-electron chi connectivity index (χ1n) is 7.09. The van der Waals surface area contributed by atoms with Crippen molar-refractivity contribution >= 4 is 32.9 Å². The molecule has 2 aromatic rings. The van der Waals surface area contributed by atoms with Crippen LogP contribution in [0.25, 0.3) is 10.2 Å². The number of thiazole rings is 1. The average molecular weight is 275 g/mol. The number of hydrogen-bond acceptors (Lipinski definition) is 4. The van der Waals surface area contributed by atoms with E-state index in [4.69, 9.17) is 5.73 Å². The summed E-state index contributed by atoms with van der Waals surface area (Å²) in [5, 5.41) is 1.11. The number of fused-ring (bicyclic) bond motifs is 1. The van der Waals surface area contributed by atoms with Gasteiger partial charge < -0.3 is 10.6 Å². The van der Waals surface area contributed by atoms with Crippen LogP contribution in [0.4, 0.5) is 11.4 Å². The van der Waals surface area contributed by atoms with Gasteiger partial charge in [-0.3, -0.25) is 0 Å². The monoisotopic (exact) mass is 275 g/mol. The van der Waals surface area contributed by atoms with E-state index in [9.17, 15) is 0 Å². The van der Waals surface area contributed by atoms with Crippen molar-refractivity contribution in [1.29, 1.82) is 0 Å². The number of nitrogens with zero attached hydrogens (tertiary/aromatic N) is 2. The fourth-order valence-corrected chi connectivity index (χ4v) is 3.61. The van der Waals surface area contributed by atoms with Crippen molar-refractivity contribution in [2.75, 3.05) is 23.7 Å². The van der Waals surface area contributed by atoms with Crippen molar-refractivity contribution in [2.24, 2.45) is 5.92 Å². The molecule has 0 atom stereocenters. The van der Waals surface area contributed by atoms with E-state index < -0.39 is 0 Å². The molecule has 3 rings (SSSR count). The zero-order valence-electron chi connectivity index (χ0n) is 11.6. The third-order valence-corrected chi connectivity index (χ3v) is 5.00. The maximum absolute atomic E-state index is 6.24. The molecule has 0 unspecified atom stereocenters. The van der Waals surface area contributed by atoms with E-state index in [1.54, 1.807) is 11.3 Å². The standard InChI is InChI=1S/C15H21N3S/c1-3-18(9-11-5-4-6-11)14-8-13-15(7-12(14)16)19-10(2)17-13/h7-8,11H,3-6,9,16H2,1-2H3. The predicted octanol–water partition coefficient (Wildman–Crippen LogP) is 3.81. The number of hydrogen-bond donors (Lipinski definition) is 1. The Bertz CT molecular complexity index is 586. The van der Waals surface area contributed by atoms with Gasteiger partial charge >= 0.3 is 0 Å². The second-order valence-electron chi connectivity index (χ2n) is 5.45. The summed E-state index contributed by atoms with van der Waals surface area (Å²) in [5.74, 6) is 0.854. The van der Waals surface area contributed by atoms with Crippen LogP contribution in [0.15, 0.2) is 12.1 Å². The summed E-state index contributed by atoms with van der Waals surface area (Å²) < 4.78 is 1.19. The van der Waals surface area contributed by atoms with Gasteiger partial charge in [0.15, 0.2) is 0 Å². The molecule has 102 valence electrons. The van der Waals surface area contributed by atoms with Gasteiger partial charge in [-0.15, -0.1) is 11.3 Å². The Morgan fingerprint density at radius 2 is 2.21 bits per heavy atom. The van der Waals surface area contributed by atoms with Crippen molar-refractivity contribution < 1.29 is 0 Å². The van der Waals surface area contributed by atoms with Crippen LogP contribution in [0.2, 0.25) is 0 Å². The maximum Gasteiger partial charge on any atom is 0.0907 e. The normalized spacial score (nSPS) is 15.7. The van der Waals surface area contributed by atoms with E-state index in [2.05, 4.69) is 28.9 Å². The summed E-state index contributed by atoms with van der Waals surface area (Å²) in [7, 11) is 0. The zero-order valence-corrected chi connectivity index (χ0v) is 12.5. The highest BCUT2D eigenvalue weighted by Gasteiger charge is 2.21. The number of rotatable bonds is 4. The Hall–Kier alpha value is -1.29. The van der Waals surface area contributed by atoms with Gasteiger partial charge in [-0.25, -0.2) is 4.98 Å². The van der Waals surface area contributed by atoms with Gasteiger partial charge in [0.05, 0.1) is 26.6 Å². The third kappa shape index (κ3) is 2.41. The molecule has 1 aromatic carbocycles. The number of nitrogen functional groups attached to an aromatic ring is 1. The predicted molar refractivity (Wildman–Crippen MR) is 84.0 cm³/mol. The summed E-state index contributed by atoms with van der Waals surface area (Å²) >= 11 is 1.71. The molecule has 0 radical (unpaired) electrons. The molecule has 1 aliphatic rings. The van der Waals surface area contributed by atoms with E-state index in [1.807, 2.05) is 6.92 Å². The molecule has 3 nitrogen and oxygen atoms in total. The largest absolute Gasteiger partial charge is 0.397 e. The van der Waals surface area contributed by atoms with Crippen LogP contribution in [0.3, 0.4) is 0 Å². The molecule has 0 bridgehead atoms. The van der Waals surface area contributed by atoms with Crippen LogP contribution in [-0.2, 0) is 0 Å². The molecule has 4 heteroatoms. The van der Waals surface area contributed by atoms with Gasteiger partial charge in [0.25, 0.3) is 0 Å². The van der Waals surface area contributed by atoms with Crippen LogP contribution >= 0.6 is 11.3 Å². The fraction of sp³-hybridized carbons (Fsp3) is 0.533. The molecule has 0 spiro atoms. The highest BCUT2D eigenvalue weighted by atomic mass is 32.1. The first-order valence-corrected chi connectivity index (χ1v) is 7.90. The Balaban J connectivity index is 1.94. The van der Waals surface area contributed by atoms with E-state index >= 15 is 0 Å². The topological polar surface area (TPSA) is 42.2 Å².